The van der Waals surface area contributed by atoms with Crippen LogP contribution in [0.4, 0.5) is 5.69 Å². The highest BCUT2D eigenvalue weighted by molar-refractivity contribution is 5.97. The summed E-state index contributed by atoms with van der Waals surface area (Å²) >= 11 is 0. The lowest BCUT2D eigenvalue weighted by Crippen LogP contribution is -2.47. The van der Waals surface area contributed by atoms with Crippen molar-refractivity contribution >= 4 is 11.6 Å². The summed E-state index contributed by atoms with van der Waals surface area (Å²) in [6.07, 6.45) is 3.79. The Labute approximate surface area is 227 Å². The molecule has 8 heteroatoms. The highest BCUT2D eigenvalue weighted by Crippen LogP contribution is 2.29. The minimum absolute atomic E-state index is 0.0775. The minimum Gasteiger partial charge on any atom is -0.497 e. The molecular formula is C30H43N5O3. The molecular weight excluding hydrogens is 478 g/mol. The highest BCUT2D eigenvalue weighted by atomic mass is 16.5. The van der Waals surface area contributed by atoms with E-state index in [0.29, 0.717) is 5.56 Å². The molecule has 0 radical (unpaired) electrons. The number of anilines is 1. The molecule has 2 aromatic carbocycles. The zero-order valence-corrected chi connectivity index (χ0v) is 24.0. The van der Waals surface area contributed by atoms with Gasteiger partial charge in [-0.05, 0) is 60.9 Å². The second-order valence-electron chi connectivity index (χ2n) is 9.41. The van der Waals surface area contributed by atoms with Crippen LogP contribution in [-0.2, 0) is 11.8 Å². The van der Waals surface area contributed by atoms with Crippen molar-refractivity contribution in [3.63, 3.8) is 0 Å². The summed E-state index contributed by atoms with van der Waals surface area (Å²) < 4.78 is 12.5. The molecule has 38 heavy (non-hydrogen) atoms. The fourth-order valence-corrected chi connectivity index (χ4v) is 4.59. The maximum Gasteiger partial charge on any atom is 0.252 e. The smallest absolute Gasteiger partial charge is 0.252 e. The number of nitrogens with zero attached hydrogens (tertiary/aromatic N) is 4. The quantitative estimate of drug-likeness (QED) is 0.441. The van der Waals surface area contributed by atoms with Gasteiger partial charge in [-0.15, -0.1) is 0 Å². The second kappa shape index (κ2) is 14.0. The van der Waals surface area contributed by atoms with Gasteiger partial charge in [0.2, 0.25) is 0 Å². The first-order valence-electron chi connectivity index (χ1n) is 13.4. The van der Waals surface area contributed by atoms with Gasteiger partial charge < -0.3 is 19.7 Å². The van der Waals surface area contributed by atoms with Crippen LogP contribution in [0.5, 0.6) is 5.75 Å². The fraction of sp³-hybridized carbons (Fsp3) is 0.467. The number of ether oxygens (including phenoxy) is 2. The van der Waals surface area contributed by atoms with Crippen LogP contribution >= 0.6 is 0 Å². The Morgan fingerprint density at radius 1 is 1.05 bits per heavy atom. The van der Waals surface area contributed by atoms with Gasteiger partial charge in [0, 0.05) is 69.9 Å². The standard InChI is InChI=1S/C28H37N5O3.C2H6/c1-20-6-7-25(33-10-8-32(9-11-33)12-13-35-4)17-27(20)28(34)30-21(2)22-14-23(16-26(15-22)36-5)24-18-29-31(3)19-24;1-2/h6-7,14-19,21H,8-13H2,1-5H3,(H,30,34);1-2H3. The lowest BCUT2D eigenvalue weighted by molar-refractivity contribution is 0.0939. The van der Waals surface area contributed by atoms with Crippen molar-refractivity contribution in [3.8, 4) is 16.9 Å². The van der Waals surface area contributed by atoms with Crippen LogP contribution in [0.2, 0.25) is 0 Å². The second-order valence-corrected chi connectivity index (χ2v) is 9.41. The van der Waals surface area contributed by atoms with Gasteiger partial charge in [0.25, 0.3) is 5.91 Å². The van der Waals surface area contributed by atoms with Crippen LogP contribution in [0, 0.1) is 6.92 Å². The van der Waals surface area contributed by atoms with Gasteiger partial charge in [0.15, 0.2) is 0 Å². The van der Waals surface area contributed by atoms with Crippen LogP contribution in [0.25, 0.3) is 11.1 Å². The molecule has 206 valence electrons. The van der Waals surface area contributed by atoms with E-state index in [2.05, 4.69) is 32.3 Å². The van der Waals surface area contributed by atoms with E-state index in [9.17, 15) is 4.79 Å². The number of nitrogens with one attached hydrogen (secondary N) is 1. The number of aryl methyl sites for hydroxylation is 2. The average Bonchev–Trinajstić information content (AvgIpc) is 3.39. The molecule has 1 aliphatic rings. The van der Waals surface area contributed by atoms with Crippen molar-refractivity contribution < 1.29 is 14.3 Å². The molecule has 3 aromatic rings. The first kappa shape index (κ1) is 29.2. The van der Waals surface area contributed by atoms with E-state index in [0.717, 1.165) is 73.0 Å². The van der Waals surface area contributed by atoms with Crippen molar-refractivity contribution in [2.45, 2.75) is 33.7 Å². The maximum atomic E-state index is 13.4. The van der Waals surface area contributed by atoms with Gasteiger partial charge in [0.1, 0.15) is 5.75 Å². The summed E-state index contributed by atoms with van der Waals surface area (Å²) in [5.41, 5.74) is 5.73. The molecule has 1 saturated heterocycles. The number of carbonyl (C=O) groups is 1. The number of piperazine rings is 1. The molecule has 0 bridgehead atoms. The number of hydrogen-bond donors (Lipinski definition) is 1. The monoisotopic (exact) mass is 521 g/mol. The number of rotatable bonds is 9. The number of carbonyl (C=O) groups excluding carboxylic acids is 1. The zero-order valence-electron chi connectivity index (χ0n) is 24.0. The van der Waals surface area contributed by atoms with Crippen molar-refractivity contribution in [3.05, 3.63) is 65.5 Å². The summed E-state index contributed by atoms with van der Waals surface area (Å²) in [5.74, 6) is 0.668. The summed E-state index contributed by atoms with van der Waals surface area (Å²) in [6, 6.07) is 12.0. The van der Waals surface area contributed by atoms with Gasteiger partial charge >= 0.3 is 0 Å². The number of methoxy groups -OCH3 is 2. The maximum absolute atomic E-state index is 13.4. The molecule has 1 aromatic heterocycles. The fourth-order valence-electron chi connectivity index (χ4n) is 4.59. The number of amides is 1. The predicted octanol–water partition coefficient (Wildman–Crippen LogP) is 4.69. The molecule has 1 N–H and O–H groups in total. The molecule has 2 heterocycles. The largest absolute Gasteiger partial charge is 0.497 e. The van der Waals surface area contributed by atoms with Crippen LogP contribution < -0.4 is 15.0 Å². The molecule has 1 unspecified atom stereocenters. The number of hydrogen-bond acceptors (Lipinski definition) is 6. The molecule has 1 amide bonds. The highest BCUT2D eigenvalue weighted by Gasteiger charge is 2.20. The molecule has 8 nitrogen and oxygen atoms in total. The SMILES string of the molecule is CC.COCCN1CCN(c2ccc(C)c(C(=O)NC(C)c3cc(OC)cc(-c4cnn(C)c4)c3)c2)CC1. The topological polar surface area (TPSA) is 71.9 Å². The summed E-state index contributed by atoms with van der Waals surface area (Å²) in [4.78, 5) is 18.1. The molecule has 0 spiro atoms. The van der Waals surface area contributed by atoms with E-state index in [4.69, 9.17) is 9.47 Å². The molecule has 0 saturated carbocycles. The number of benzene rings is 2. The molecule has 0 aliphatic carbocycles. The summed E-state index contributed by atoms with van der Waals surface area (Å²) in [7, 11) is 5.29. The molecule has 4 rings (SSSR count). The Balaban J connectivity index is 0.00000195. The average molecular weight is 522 g/mol. The van der Waals surface area contributed by atoms with E-state index < -0.39 is 0 Å². The van der Waals surface area contributed by atoms with E-state index in [1.54, 1.807) is 18.9 Å². The zero-order chi connectivity index (χ0) is 27.7. The van der Waals surface area contributed by atoms with Gasteiger partial charge in [-0.2, -0.15) is 5.10 Å². The molecule has 1 atom stereocenters. The van der Waals surface area contributed by atoms with Crippen LogP contribution in [-0.4, -0.2) is 74.1 Å². The van der Waals surface area contributed by atoms with Gasteiger partial charge in [-0.1, -0.05) is 19.9 Å². The van der Waals surface area contributed by atoms with E-state index in [1.165, 1.54) is 0 Å². The predicted molar refractivity (Wildman–Crippen MR) is 154 cm³/mol. The third-order valence-corrected chi connectivity index (χ3v) is 6.87. The van der Waals surface area contributed by atoms with E-state index >= 15 is 0 Å². The number of aromatic nitrogens is 2. The van der Waals surface area contributed by atoms with Crippen LogP contribution in [0.3, 0.4) is 0 Å². The summed E-state index contributed by atoms with van der Waals surface area (Å²) in [5, 5.41) is 7.47. The Bertz CT molecular complexity index is 1180. The van der Waals surface area contributed by atoms with Crippen LogP contribution in [0.15, 0.2) is 48.8 Å². The minimum atomic E-state index is -0.199. The first-order valence-corrected chi connectivity index (χ1v) is 13.4. The van der Waals surface area contributed by atoms with Crippen LogP contribution in [0.1, 0.15) is 48.3 Å². The van der Waals surface area contributed by atoms with Gasteiger partial charge in [0.05, 0.1) is 26.0 Å². The lowest BCUT2D eigenvalue weighted by Gasteiger charge is -2.36. The van der Waals surface area contributed by atoms with Gasteiger partial charge in [-0.25, -0.2) is 0 Å². The lowest BCUT2D eigenvalue weighted by atomic mass is 10.0. The Hall–Kier alpha value is -3.36. The van der Waals surface area contributed by atoms with Crippen molar-refractivity contribution in [2.24, 2.45) is 7.05 Å². The first-order chi connectivity index (χ1) is 18.4. The van der Waals surface area contributed by atoms with E-state index in [1.807, 2.05) is 71.4 Å². The van der Waals surface area contributed by atoms with Crippen molar-refractivity contribution in [1.29, 1.82) is 0 Å². The van der Waals surface area contributed by atoms with Crippen molar-refractivity contribution in [2.75, 3.05) is 58.5 Å². The van der Waals surface area contributed by atoms with Crippen molar-refractivity contribution in [1.82, 2.24) is 20.0 Å². The Morgan fingerprint density at radius 2 is 1.79 bits per heavy atom. The molecule has 1 aliphatic heterocycles. The third-order valence-electron chi connectivity index (χ3n) is 6.87. The Kier molecular flexibility index (Phi) is 10.7. The third kappa shape index (κ3) is 7.36. The van der Waals surface area contributed by atoms with Gasteiger partial charge in [-0.3, -0.25) is 14.4 Å². The Morgan fingerprint density at radius 3 is 2.42 bits per heavy atom. The normalized spacial score (nSPS) is 14.4. The molecule has 1 fully saturated rings. The van der Waals surface area contributed by atoms with E-state index in [-0.39, 0.29) is 11.9 Å². The summed E-state index contributed by atoms with van der Waals surface area (Å²) in [6.45, 7) is 13.5.